The van der Waals surface area contributed by atoms with Crippen molar-refractivity contribution >= 4 is 15.9 Å². The zero-order chi connectivity index (χ0) is 8.27. The Labute approximate surface area is 74.7 Å². The number of hydrogen-bond donors (Lipinski definition) is 0. The molecule has 0 fully saturated rings. The van der Waals surface area contributed by atoms with Crippen LogP contribution in [-0.2, 0) is 6.42 Å². The molecule has 0 bridgehead atoms. The van der Waals surface area contributed by atoms with Gasteiger partial charge in [0, 0.05) is 16.2 Å². The topological polar surface area (TPSA) is 22.1 Å². The maximum Gasteiger partial charge on any atom is 0.216 e. The third kappa shape index (κ3) is 1.93. The third-order valence-electron chi connectivity index (χ3n) is 1.47. The summed E-state index contributed by atoms with van der Waals surface area (Å²) in [7, 11) is 1.63. The van der Waals surface area contributed by atoms with Crippen LogP contribution < -0.4 is 4.74 Å². The molecular weight excluding hydrogens is 206 g/mol. The van der Waals surface area contributed by atoms with Gasteiger partial charge in [-0.1, -0.05) is 6.92 Å². The minimum Gasteiger partial charge on any atom is -0.481 e. The van der Waals surface area contributed by atoms with Crippen molar-refractivity contribution < 1.29 is 4.74 Å². The molecule has 3 heteroatoms. The molecule has 0 aliphatic carbocycles. The van der Waals surface area contributed by atoms with Crippen molar-refractivity contribution in [1.29, 1.82) is 0 Å². The van der Waals surface area contributed by atoms with E-state index in [0.717, 1.165) is 22.3 Å². The highest BCUT2D eigenvalue weighted by molar-refractivity contribution is 9.10. The molecule has 2 nitrogen and oxygen atoms in total. The van der Waals surface area contributed by atoms with Crippen LogP contribution in [0.3, 0.4) is 0 Å². The van der Waals surface area contributed by atoms with Gasteiger partial charge in [-0.05, 0) is 28.4 Å². The van der Waals surface area contributed by atoms with Gasteiger partial charge in [0.25, 0.3) is 0 Å². The summed E-state index contributed by atoms with van der Waals surface area (Å²) in [6, 6.07) is 2.02. The van der Waals surface area contributed by atoms with Gasteiger partial charge < -0.3 is 4.74 Å². The van der Waals surface area contributed by atoms with Gasteiger partial charge in [0.1, 0.15) is 0 Å². The fourth-order valence-electron chi connectivity index (χ4n) is 0.906. The summed E-state index contributed by atoms with van der Waals surface area (Å²) in [6.45, 7) is 2.08. The van der Waals surface area contributed by atoms with Crippen LogP contribution in [-0.4, -0.2) is 12.1 Å². The predicted octanol–water partition coefficient (Wildman–Crippen LogP) is 2.42. The lowest BCUT2D eigenvalue weighted by Crippen LogP contribution is -1.93. The highest BCUT2D eigenvalue weighted by Gasteiger charge is 2.01. The number of ether oxygens (including phenoxy) is 1. The van der Waals surface area contributed by atoms with Crippen LogP contribution in [0, 0.1) is 0 Å². The second-order valence-corrected chi connectivity index (χ2v) is 3.09. The van der Waals surface area contributed by atoms with Crippen molar-refractivity contribution in [2.75, 3.05) is 7.11 Å². The molecule has 0 amide bonds. The standard InChI is InChI=1S/C8H10BrNO/c1-3-6-4-7(9)5-10-8(6)11-2/h4-5H,3H2,1-2H3. The third-order valence-corrected chi connectivity index (χ3v) is 1.90. The normalized spacial score (nSPS) is 9.73. The highest BCUT2D eigenvalue weighted by atomic mass is 79.9. The Hall–Kier alpha value is -0.570. The van der Waals surface area contributed by atoms with Gasteiger partial charge in [-0.25, -0.2) is 4.98 Å². The van der Waals surface area contributed by atoms with Crippen molar-refractivity contribution in [3.8, 4) is 5.88 Å². The van der Waals surface area contributed by atoms with E-state index in [1.165, 1.54) is 0 Å². The zero-order valence-electron chi connectivity index (χ0n) is 6.60. The quantitative estimate of drug-likeness (QED) is 0.757. The SMILES string of the molecule is CCc1cc(Br)cnc1OC. The summed E-state index contributed by atoms with van der Waals surface area (Å²) in [4.78, 5) is 4.10. The van der Waals surface area contributed by atoms with E-state index in [4.69, 9.17) is 4.74 Å². The summed E-state index contributed by atoms with van der Waals surface area (Å²) in [5.41, 5.74) is 1.13. The lowest BCUT2D eigenvalue weighted by Gasteiger charge is -2.04. The zero-order valence-corrected chi connectivity index (χ0v) is 8.18. The second kappa shape index (κ2) is 3.72. The molecule has 0 unspecified atom stereocenters. The summed E-state index contributed by atoms with van der Waals surface area (Å²) < 4.78 is 6.05. The van der Waals surface area contributed by atoms with E-state index >= 15 is 0 Å². The van der Waals surface area contributed by atoms with Crippen LogP contribution in [0.1, 0.15) is 12.5 Å². The van der Waals surface area contributed by atoms with E-state index in [1.807, 2.05) is 6.07 Å². The molecule has 0 atom stereocenters. The van der Waals surface area contributed by atoms with Gasteiger partial charge >= 0.3 is 0 Å². The van der Waals surface area contributed by atoms with Crippen molar-refractivity contribution in [2.24, 2.45) is 0 Å². The summed E-state index contributed by atoms with van der Waals surface area (Å²) in [5.74, 6) is 0.718. The monoisotopic (exact) mass is 215 g/mol. The van der Waals surface area contributed by atoms with Crippen LogP contribution in [0.15, 0.2) is 16.7 Å². The molecule has 0 radical (unpaired) electrons. The molecule has 0 spiro atoms. The Bertz CT molecular complexity index is 250. The molecule has 0 aliphatic rings. The number of pyridine rings is 1. The molecule has 0 N–H and O–H groups in total. The summed E-state index contributed by atoms with van der Waals surface area (Å²) in [6.07, 6.45) is 2.67. The number of hydrogen-bond acceptors (Lipinski definition) is 2. The maximum absolute atomic E-state index is 5.06. The van der Waals surface area contributed by atoms with E-state index in [9.17, 15) is 0 Å². The van der Waals surface area contributed by atoms with Gasteiger partial charge in [0.15, 0.2) is 0 Å². The van der Waals surface area contributed by atoms with Gasteiger partial charge in [-0.15, -0.1) is 0 Å². The summed E-state index contributed by atoms with van der Waals surface area (Å²) in [5, 5.41) is 0. The molecular formula is C8H10BrNO. The first-order valence-corrected chi connectivity index (χ1v) is 4.25. The number of nitrogens with zero attached hydrogens (tertiary/aromatic N) is 1. The number of halogens is 1. The minimum atomic E-state index is 0.718. The molecule has 60 valence electrons. The minimum absolute atomic E-state index is 0.718. The molecule has 0 saturated carbocycles. The number of rotatable bonds is 2. The van der Waals surface area contributed by atoms with E-state index in [-0.39, 0.29) is 0 Å². The smallest absolute Gasteiger partial charge is 0.216 e. The predicted molar refractivity (Wildman–Crippen MR) is 47.9 cm³/mol. The van der Waals surface area contributed by atoms with Gasteiger partial charge in [0.05, 0.1) is 7.11 Å². The van der Waals surface area contributed by atoms with Gasteiger partial charge in [-0.2, -0.15) is 0 Å². The van der Waals surface area contributed by atoms with Gasteiger partial charge in [0.2, 0.25) is 5.88 Å². The molecule has 1 heterocycles. The van der Waals surface area contributed by atoms with Crippen LogP contribution >= 0.6 is 15.9 Å². The first kappa shape index (κ1) is 8.53. The first-order valence-electron chi connectivity index (χ1n) is 3.46. The van der Waals surface area contributed by atoms with Crippen LogP contribution in [0.25, 0.3) is 0 Å². The molecule has 0 aliphatic heterocycles. The molecule has 1 aromatic heterocycles. The Balaban J connectivity index is 3.06. The van der Waals surface area contributed by atoms with E-state index in [0.29, 0.717) is 0 Å². The van der Waals surface area contributed by atoms with Crippen molar-refractivity contribution in [3.63, 3.8) is 0 Å². The Morgan fingerprint density at radius 2 is 2.36 bits per heavy atom. The Kier molecular flexibility index (Phi) is 2.88. The first-order chi connectivity index (χ1) is 5.27. The van der Waals surface area contributed by atoms with Crippen LogP contribution in [0.2, 0.25) is 0 Å². The lowest BCUT2D eigenvalue weighted by molar-refractivity contribution is 0.393. The average Bonchev–Trinajstić information content (AvgIpc) is 2.04. The second-order valence-electron chi connectivity index (χ2n) is 2.18. The summed E-state index contributed by atoms with van der Waals surface area (Å²) >= 11 is 3.35. The molecule has 1 aromatic rings. The van der Waals surface area contributed by atoms with E-state index in [2.05, 4.69) is 27.8 Å². The largest absolute Gasteiger partial charge is 0.481 e. The number of aromatic nitrogens is 1. The van der Waals surface area contributed by atoms with E-state index in [1.54, 1.807) is 13.3 Å². The molecule has 1 rings (SSSR count). The van der Waals surface area contributed by atoms with Crippen molar-refractivity contribution in [3.05, 3.63) is 22.3 Å². The Morgan fingerprint density at radius 3 is 2.91 bits per heavy atom. The average molecular weight is 216 g/mol. The molecule has 0 aromatic carbocycles. The van der Waals surface area contributed by atoms with E-state index < -0.39 is 0 Å². The van der Waals surface area contributed by atoms with Gasteiger partial charge in [-0.3, -0.25) is 0 Å². The van der Waals surface area contributed by atoms with Crippen LogP contribution in [0.4, 0.5) is 0 Å². The maximum atomic E-state index is 5.06. The fourth-order valence-corrected chi connectivity index (χ4v) is 1.28. The van der Waals surface area contributed by atoms with Crippen molar-refractivity contribution in [1.82, 2.24) is 4.98 Å². The van der Waals surface area contributed by atoms with Crippen molar-refractivity contribution in [2.45, 2.75) is 13.3 Å². The fraction of sp³-hybridized carbons (Fsp3) is 0.375. The number of aryl methyl sites for hydroxylation is 1. The number of methoxy groups -OCH3 is 1. The molecule has 11 heavy (non-hydrogen) atoms. The Morgan fingerprint density at radius 1 is 1.64 bits per heavy atom. The molecule has 0 saturated heterocycles. The lowest BCUT2D eigenvalue weighted by atomic mass is 10.2. The van der Waals surface area contributed by atoms with Crippen LogP contribution in [0.5, 0.6) is 5.88 Å². The highest BCUT2D eigenvalue weighted by Crippen LogP contribution is 2.19.